The summed E-state index contributed by atoms with van der Waals surface area (Å²) in [5.41, 5.74) is 39.6. The highest BCUT2D eigenvalue weighted by molar-refractivity contribution is 7.25. The molecule has 0 saturated carbocycles. The minimum Gasteiger partial charge on any atom is -0.309 e. The number of nitrogens with zero attached hydrogens (tertiary/aromatic N) is 2. The Labute approximate surface area is 841 Å². The number of hydrogen-bond acceptors (Lipinski definition) is 1. The molecule has 0 N–H and O–H groups in total. The Morgan fingerprint density at radius 1 is 0.197 bits per heavy atom. The molecule has 0 aliphatic heterocycles. The minimum absolute atomic E-state index is 0.316. The van der Waals surface area contributed by atoms with Crippen LogP contribution in [0.5, 0.6) is 0 Å². The lowest BCUT2D eigenvalue weighted by Crippen LogP contribution is -2.28. The van der Waals surface area contributed by atoms with Gasteiger partial charge in [0.05, 0.1) is 32.9 Å². The Hall–Kier alpha value is -16.5. The summed E-state index contributed by atoms with van der Waals surface area (Å²) in [4.78, 5) is 0. The van der Waals surface area contributed by atoms with Crippen LogP contribution in [0.4, 0.5) is 0 Å². The summed E-state index contributed by atoms with van der Waals surface area (Å²) >= 11 is 22.1. The largest absolute Gasteiger partial charge is 0.309 e. The van der Waals surface area contributed by atoms with E-state index in [9.17, 15) is 0 Å². The molecule has 1 spiro atoms. The summed E-state index contributed by atoms with van der Waals surface area (Å²) in [6.07, 6.45) is 0. The zero-order chi connectivity index (χ0) is 94.2. The molecule has 0 fully saturated rings. The van der Waals surface area contributed by atoms with Crippen molar-refractivity contribution in [2.24, 2.45) is 0 Å². The zero-order valence-corrected chi connectivity index (χ0v) is 80.4. The number of para-hydroxylation sites is 4. The van der Waals surface area contributed by atoms with Crippen LogP contribution < -0.4 is 0 Å². The van der Waals surface area contributed by atoms with Crippen LogP contribution in [-0.4, -0.2) is 9.13 Å². The van der Waals surface area contributed by atoms with Crippen molar-refractivity contribution in [2.75, 3.05) is 0 Å². The van der Waals surface area contributed by atoms with E-state index < -0.39 is 10.8 Å². The van der Waals surface area contributed by atoms with Gasteiger partial charge >= 0.3 is 0 Å². The van der Waals surface area contributed by atoms with Gasteiger partial charge in [-0.3, -0.25) is 0 Å². The summed E-state index contributed by atoms with van der Waals surface area (Å²) in [6.45, 7) is 2.39. The Bertz CT molecular complexity index is 9770. The molecule has 23 aromatic carbocycles. The molecule has 4 aliphatic carbocycles. The number of benzene rings is 23. The third-order valence-corrected chi connectivity index (χ3v) is 33.1. The van der Waals surface area contributed by atoms with Gasteiger partial charge in [-0.25, -0.2) is 0 Å². The molecule has 0 bridgehead atoms. The molecule has 3 unspecified atom stereocenters. The van der Waals surface area contributed by atoms with Gasteiger partial charge in [-0.15, -0.1) is 11.3 Å². The van der Waals surface area contributed by atoms with E-state index in [1.54, 1.807) is 0 Å². The van der Waals surface area contributed by atoms with Crippen LogP contribution in [0.15, 0.2) is 497 Å². The van der Waals surface area contributed by atoms with Crippen molar-refractivity contribution in [3.8, 4) is 100 Å². The van der Waals surface area contributed by atoms with Crippen molar-refractivity contribution in [1.29, 1.82) is 0 Å². The molecule has 2 nitrogen and oxygen atoms in total. The predicted octanol–water partition coefficient (Wildman–Crippen LogP) is 37.8. The number of rotatable bonds is 9. The maximum Gasteiger partial charge on any atom is 0.0726 e. The molecule has 3 atom stereocenters. The first-order valence-electron chi connectivity index (χ1n) is 48.7. The van der Waals surface area contributed by atoms with E-state index in [0.717, 1.165) is 31.9 Å². The van der Waals surface area contributed by atoms with Crippen molar-refractivity contribution >= 4 is 142 Å². The number of halogens is 3. The fraction of sp³-hybridized carbons (Fsp3) is 0.0294. The summed E-state index contributed by atoms with van der Waals surface area (Å²) < 4.78 is 7.44. The summed E-state index contributed by atoms with van der Waals surface area (Å²) in [7, 11) is 0. The van der Waals surface area contributed by atoms with E-state index in [-0.39, 0.29) is 5.41 Å². The molecule has 3 heterocycles. The number of hydrogen-bond donors (Lipinski definition) is 0. The molecule has 30 rings (SSSR count). The van der Waals surface area contributed by atoms with E-state index in [1.807, 2.05) is 35.6 Å². The van der Waals surface area contributed by atoms with Gasteiger partial charge in [0.15, 0.2) is 0 Å². The Morgan fingerprint density at radius 3 is 1.25 bits per heavy atom. The second kappa shape index (κ2) is 32.8. The first kappa shape index (κ1) is 83.7. The highest BCUT2D eigenvalue weighted by Gasteiger charge is 2.53. The minimum atomic E-state index is -0.528. The van der Waals surface area contributed by atoms with Gasteiger partial charge in [-0.1, -0.05) is 387 Å². The summed E-state index contributed by atoms with van der Waals surface area (Å²) in [5, 5.41) is 17.5. The molecule has 0 radical (unpaired) electrons. The van der Waals surface area contributed by atoms with Crippen LogP contribution >= 0.6 is 46.1 Å². The highest BCUT2D eigenvalue weighted by atomic mass is 35.5. The normalized spacial score (nSPS) is 15.4. The molecule has 4 aliphatic rings. The molecular formula is C136H85Cl3N2S. The van der Waals surface area contributed by atoms with E-state index in [4.69, 9.17) is 34.8 Å². The number of thiophene rings is 1. The Morgan fingerprint density at radius 2 is 0.613 bits per heavy atom. The van der Waals surface area contributed by atoms with Gasteiger partial charge in [0.1, 0.15) is 0 Å². The maximum atomic E-state index is 7.07. The third kappa shape index (κ3) is 12.8. The lowest BCUT2D eigenvalue weighted by Gasteiger charge is -2.34. The van der Waals surface area contributed by atoms with Gasteiger partial charge in [-0.2, -0.15) is 0 Å². The van der Waals surface area contributed by atoms with Crippen molar-refractivity contribution in [3.05, 3.63) is 574 Å². The summed E-state index contributed by atoms with van der Waals surface area (Å²) in [5.74, 6) is 0. The molecule has 0 saturated heterocycles. The van der Waals surface area contributed by atoms with Gasteiger partial charge in [0, 0.05) is 79.1 Å². The van der Waals surface area contributed by atoms with Crippen molar-refractivity contribution < 1.29 is 0 Å². The molecule has 666 valence electrons. The fourth-order valence-electron chi connectivity index (χ4n) is 24.7. The molecule has 26 aromatic rings. The molecule has 6 heteroatoms. The Balaban J connectivity index is 0.000000104. The smallest absolute Gasteiger partial charge is 0.0726 e. The summed E-state index contributed by atoms with van der Waals surface area (Å²) in [6, 6.07) is 182. The molecular weight excluding hydrogens is 1800 g/mol. The third-order valence-electron chi connectivity index (χ3n) is 31.2. The molecule has 3 aromatic heterocycles. The van der Waals surface area contributed by atoms with Crippen LogP contribution in [0.2, 0.25) is 15.1 Å². The number of fused-ring (bicyclic) bond motifs is 28. The van der Waals surface area contributed by atoms with Crippen molar-refractivity contribution in [2.45, 2.75) is 23.2 Å². The SMILES string of the molecule is CC1(c2ccc3ccccc3c2)c2ccc(-c3cccc(Cl)c3)cc2-c2cc(-c3ccc4c5ccccc5n(-c5ccccc5)c4c3)ccc21.Clc1ccc2c(c1)-c1ccc(-c3ccc4c5ccccc5n(-c5ccccc5)c4c3)cc1C2(c1ccccc1)c1ccc2ccccc2c1.Clc1cccc2c1-c1ccc(-c3ccc4sc5ccccc5c4c3)cc1C21c2ccccc2-c2cc3ccccc3cc21. The monoisotopic (exact) mass is 1880 g/mol. The van der Waals surface area contributed by atoms with Crippen LogP contribution in [0.3, 0.4) is 0 Å². The topological polar surface area (TPSA) is 9.86 Å². The van der Waals surface area contributed by atoms with E-state index >= 15 is 0 Å². The molecule has 142 heavy (non-hydrogen) atoms. The maximum absolute atomic E-state index is 7.07. The first-order valence-corrected chi connectivity index (χ1v) is 50.6. The average Bonchev–Trinajstić information content (AvgIpc) is 1.50. The second-order valence-electron chi connectivity index (χ2n) is 38.5. The Kier molecular flexibility index (Phi) is 19.4. The lowest BCUT2D eigenvalue weighted by molar-refractivity contribution is 0.715. The second-order valence-corrected chi connectivity index (χ2v) is 40.8. The van der Waals surface area contributed by atoms with Crippen LogP contribution in [0.1, 0.15) is 68.1 Å². The van der Waals surface area contributed by atoms with Gasteiger partial charge in [0.2, 0.25) is 0 Å². The average molecular weight is 1890 g/mol. The van der Waals surface area contributed by atoms with E-state index in [2.05, 4.69) is 489 Å². The van der Waals surface area contributed by atoms with Crippen molar-refractivity contribution in [3.63, 3.8) is 0 Å². The first-order chi connectivity index (χ1) is 70.0. The van der Waals surface area contributed by atoms with Crippen LogP contribution in [0.25, 0.3) is 196 Å². The van der Waals surface area contributed by atoms with E-state index in [0.29, 0.717) is 0 Å². The standard InChI is InChI=1S/C48H32ClN.C47H30ClN.C41H23ClS/c1-48(37-22-18-31-10-5-6-11-32(31)26-37)44-24-20-34(33-12-9-13-38(49)27-33)28-42(44)43-29-35(21-25-45(43)48)36-19-23-41-40-16-7-8-17-46(40)50(47(41)30-36)39-14-3-2-4-15-39;48-37-23-26-43-42(30-37)39-24-20-33(34-21-25-41-40-17-9-10-18-45(40)49(46(41)29-34)38-15-5-2-6-16-38)28-44(39)47(43,35-13-3-1-4-14-35)36-22-19-31-11-7-8-12-32(31)27-36;42-37-14-7-13-34-40(37)30-18-16-27(26-17-19-39-32(21-26)29-11-4-6-15-38(29)43-39)23-35(30)41(34)33-12-5-3-10-28(33)31-20-24-8-1-2-9-25(24)22-36(31)41/h2-30H,1H3;1-30H;1-23H. The molecule has 0 amide bonds. The van der Waals surface area contributed by atoms with Crippen molar-refractivity contribution in [1.82, 2.24) is 9.13 Å². The number of aromatic nitrogens is 2. The lowest BCUT2D eigenvalue weighted by atomic mass is 9.67. The zero-order valence-electron chi connectivity index (χ0n) is 77.3. The van der Waals surface area contributed by atoms with Crippen LogP contribution in [-0.2, 0) is 16.2 Å². The predicted molar refractivity (Wildman–Crippen MR) is 601 cm³/mol. The van der Waals surface area contributed by atoms with Gasteiger partial charge in [-0.05, 0) is 329 Å². The van der Waals surface area contributed by atoms with Gasteiger partial charge < -0.3 is 9.13 Å². The highest BCUT2D eigenvalue weighted by Crippen LogP contribution is 2.66. The van der Waals surface area contributed by atoms with E-state index in [1.165, 1.54) is 241 Å². The van der Waals surface area contributed by atoms with Crippen LogP contribution in [0, 0.1) is 0 Å². The quantitative estimate of drug-likeness (QED) is 0.136. The fourth-order valence-corrected chi connectivity index (χ4v) is 26.5. The van der Waals surface area contributed by atoms with Gasteiger partial charge in [0.25, 0.3) is 0 Å².